The van der Waals surface area contributed by atoms with Gasteiger partial charge in [0.1, 0.15) is 17.5 Å². The molecule has 0 saturated heterocycles. The topological polar surface area (TPSA) is 126 Å². The standard InChI is InChI=1S/C19H23N2O8P/c1-15(19(22)27-14-6-13-26-2)20-30(25,28-17-7-4-3-5-8-17)29-18-11-9-16(10-12-18)21(23)24/h3-5,7-12,15H,6,13-14H2,1-2H3,(H,20,25)/t15-,30?/m0/s1. The Hall–Kier alpha value is -2.94. The molecule has 11 heteroatoms. The number of carbonyl (C=O) groups is 1. The van der Waals surface area contributed by atoms with Gasteiger partial charge in [-0.3, -0.25) is 14.9 Å². The Morgan fingerprint density at radius 3 is 2.23 bits per heavy atom. The largest absolute Gasteiger partial charge is 0.513 e. The smallest absolute Gasteiger partial charge is 0.464 e. The summed E-state index contributed by atoms with van der Waals surface area (Å²) in [6.45, 7) is 2.04. The number of para-hydroxylation sites is 1. The van der Waals surface area contributed by atoms with E-state index >= 15 is 0 Å². The molecule has 0 aliphatic rings. The van der Waals surface area contributed by atoms with Crippen LogP contribution in [-0.4, -0.2) is 37.3 Å². The highest BCUT2D eigenvalue weighted by Crippen LogP contribution is 2.45. The third kappa shape index (κ3) is 7.47. The van der Waals surface area contributed by atoms with Crippen molar-refractivity contribution in [2.75, 3.05) is 20.3 Å². The number of ether oxygens (including phenoxy) is 2. The predicted molar refractivity (Wildman–Crippen MR) is 108 cm³/mol. The minimum Gasteiger partial charge on any atom is -0.464 e. The van der Waals surface area contributed by atoms with Gasteiger partial charge in [0.15, 0.2) is 0 Å². The summed E-state index contributed by atoms with van der Waals surface area (Å²) >= 11 is 0. The molecule has 162 valence electrons. The molecular weight excluding hydrogens is 415 g/mol. The number of nitro groups is 1. The fraction of sp³-hybridized carbons (Fsp3) is 0.316. The number of esters is 1. The third-order valence-electron chi connectivity index (χ3n) is 3.68. The van der Waals surface area contributed by atoms with Crippen molar-refractivity contribution in [3.8, 4) is 11.5 Å². The minimum absolute atomic E-state index is 0.0630. The van der Waals surface area contributed by atoms with Crippen LogP contribution in [0.25, 0.3) is 0 Å². The number of methoxy groups -OCH3 is 1. The summed E-state index contributed by atoms with van der Waals surface area (Å²) in [6, 6.07) is 12.2. The summed E-state index contributed by atoms with van der Waals surface area (Å²) in [5, 5.41) is 13.3. The summed E-state index contributed by atoms with van der Waals surface area (Å²) in [5.41, 5.74) is -0.151. The quantitative estimate of drug-likeness (QED) is 0.173. The van der Waals surface area contributed by atoms with Gasteiger partial charge in [-0.2, -0.15) is 5.09 Å². The van der Waals surface area contributed by atoms with E-state index in [1.54, 1.807) is 37.4 Å². The summed E-state index contributed by atoms with van der Waals surface area (Å²) in [6.07, 6.45) is 0.520. The second-order valence-corrected chi connectivity index (χ2v) is 7.73. The Balaban J connectivity index is 2.13. The summed E-state index contributed by atoms with van der Waals surface area (Å²) in [7, 11) is -2.56. The summed E-state index contributed by atoms with van der Waals surface area (Å²) in [4.78, 5) is 22.4. The van der Waals surface area contributed by atoms with E-state index in [0.29, 0.717) is 13.0 Å². The lowest BCUT2D eigenvalue weighted by Crippen LogP contribution is -2.36. The zero-order valence-corrected chi connectivity index (χ0v) is 17.4. The van der Waals surface area contributed by atoms with Crippen LogP contribution in [0.1, 0.15) is 13.3 Å². The van der Waals surface area contributed by atoms with E-state index in [-0.39, 0.29) is 23.8 Å². The maximum atomic E-state index is 13.3. The maximum Gasteiger partial charge on any atom is 0.513 e. The monoisotopic (exact) mass is 438 g/mol. The van der Waals surface area contributed by atoms with Gasteiger partial charge in [-0.05, 0) is 31.2 Å². The van der Waals surface area contributed by atoms with E-state index in [1.165, 1.54) is 31.2 Å². The van der Waals surface area contributed by atoms with Crippen LogP contribution in [0.5, 0.6) is 11.5 Å². The Kier molecular flexibility index (Phi) is 8.79. The van der Waals surface area contributed by atoms with Crippen molar-refractivity contribution in [3.63, 3.8) is 0 Å². The zero-order valence-electron chi connectivity index (χ0n) is 16.6. The number of nitrogens with zero attached hydrogens (tertiary/aromatic N) is 1. The number of carbonyl (C=O) groups excluding carboxylic acids is 1. The number of nitro benzene ring substituents is 1. The molecule has 0 radical (unpaired) electrons. The first-order valence-corrected chi connectivity index (χ1v) is 10.6. The average molecular weight is 438 g/mol. The van der Waals surface area contributed by atoms with Crippen molar-refractivity contribution in [1.82, 2.24) is 5.09 Å². The van der Waals surface area contributed by atoms with Gasteiger partial charge in [0.05, 0.1) is 11.5 Å². The molecule has 2 rings (SSSR count). The third-order valence-corrected chi connectivity index (χ3v) is 5.29. The molecule has 0 amide bonds. The van der Waals surface area contributed by atoms with E-state index < -0.39 is 24.7 Å². The van der Waals surface area contributed by atoms with Gasteiger partial charge in [0.25, 0.3) is 5.69 Å². The number of rotatable bonds is 12. The van der Waals surface area contributed by atoms with E-state index in [4.69, 9.17) is 18.5 Å². The van der Waals surface area contributed by atoms with Crippen molar-refractivity contribution in [1.29, 1.82) is 0 Å². The highest BCUT2D eigenvalue weighted by Gasteiger charge is 2.34. The van der Waals surface area contributed by atoms with Gasteiger partial charge < -0.3 is 18.5 Å². The number of hydrogen-bond donors (Lipinski definition) is 1. The first-order valence-electron chi connectivity index (χ1n) is 9.05. The predicted octanol–water partition coefficient (Wildman–Crippen LogP) is 3.72. The summed E-state index contributed by atoms with van der Waals surface area (Å²) < 4.78 is 34.3. The van der Waals surface area contributed by atoms with Crippen molar-refractivity contribution in [2.24, 2.45) is 0 Å². The van der Waals surface area contributed by atoms with E-state index in [9.17, 15) is 19.5 Å². The Labute approximate surface area is 173 Å². The molecule has 30 heavy (non-hydrogen) atoms. The van der Waals surface area contributed by atoms with Crippen LogP contribution in [0.3, 0.4) is 0 Å². The Bertz CT molecular complexity index is 876. The highest BCUT2D eigenvalue weighted by molar-refractivity contribution is 7.52. The van der Waals surface area contributed by atoms with Gasteiger partial charge >= 0.3 is 13.7 Å². The van der Waals surface area contributed by atoms with E-state index in [1.807, 2.05) is 0 Å². The second kappa shape index (κ2) is 11.3. The van der Waals surface area contributed by atoms with Gasteiger partial charge in [0, 0.05) is 32.3 Å². The Morgan fingerprint density at radius 2 is 1.67 bits per heavy atom. The lowest BCUT2D eigenvalue weighted by Gasteiger charge is -2.23. The Morgan fingerprint density at radius 1 is 1.07 bits per heavy atom. The van der Waals surface area contributed by atoms with Gasteiger partial charge in [-0.25, -0.2) is 4.57 Å². The normalized spacial score (nSPS) is 13.7. The van der Waals surface area contributed by atoms with Crippen LogP contribution in [0.15, 0.2) is 54.6 Å². The molecule has 10 nitrogen and oxygen atoms in total. The van der Waals surface area contributed by atoms with Crippen LogP contribution < -0.4 is 14.1 Å². The SMILES string of the molecule is COCCCOC(=O)[C@H](C)NP(=O)(Oc1ccccc1)Oc1ccc([N+](=O)[O-])cc1. The molecule has 0 fully saturated rings. The average Bonchev–Trinajstić information content (AvgIpc) is 2.71. The number of non-ortho nitro benzene ring substituents is 1. The van der Waals surface area contributed by atoms with Gasteiger partial charge in [-0.1, -0.05) is 18.2 Å². The van der Waals surface area contributed by atoms with Crippen molar-refractivity contribution >= 4 is 19.4 Å². The van der Waals surface area contributed by atoms with Crippen molar-refractivity contribution in [2.45, 2.75) is 19.4 Å². The van der Waals surface area contributed by atoms with Crippen LogP contribution in [0.2, 0.25) is 0 Å². The summed E-state index contributed by atoms with van der Waals surface area (Å²) in [5.74, 6) is -0.334. The molecule has 2 aromatic rings. The molecule has 0 spiro atoms. The fourth-order valence-electron chi connectivity index (χ4n) is 2.25. The van der Waals surface area contributed by atoms with Gasteiger partial charge in [-0.15, -0.1) is 0 Å². The molecule has 0 saturated carbocycles. The van der Waals surface area contributed by atoms with E-state index in [2.05, 4.69) is 5.09 Å². The minimum atomic E-state index is -4.10. The molecule has 0 bridgehead atoms. The maximum absolute atomic E-state index is 13.3. The lowest BCUT2D eigenvalue weighted by molar-refractivity contribution is -0.384. The van der Waals surface area contributed by atoms with Crippen LogP contribution in [0, 0.1) is 10.1 Å². The first-order chi connectivity index (χ1) is 14.3. The molecule has 0 heterocycles. The molecule has 0 aliphatic heterocycles. The van der Waals surface area contributed by atoms with Crippen molar-refractivity contribution < 1.29 is 32.8 Å². The lowest BCUT2D eigenvalue weighted by atomic mass is 10.3. The van der Waals surface area contributed by atoms with E-state index in [0.717, 1.165) is 0 Å². The van der Waals surface area contributed by atoms with Gasteiger partial charge in [0.2, 0.25) is 0 Å². The zero-order chi connectivity index (χ0) is 22.0. The molecule has 1 unspecified atom stereocenters. The molecular formula is C19H23N2O8P. The molecule has 2 atom stereocenters. The van der Waals surface area contributed by atoms with Crippen LogP contribution in [0.4, 0.5) is 5.69 Å². The van der Waals surface area contributed by atoms with Crippen molar-refractivity contribution in [3.05, 3.63) is 64.7 Å². The highest BCUT2D eigenvalue weighted by atomic mass is 31.2. The van der Waals surface area contributed by atoms with Crippen LogP contribution >= 0.6 is 7.75 Å². The molecule has 1 N–H and O–H groups in total. The number of hydrogen-bond acceptors (Lipinski definition) is 8. The molecule has 0 aromatic heterocycles. The van der Waals surface area contributed by atoms with Crippen LogP contribution in [-0.2, 0) is 18.8 Å². The molecule has 0 aliphatic carbocycles. The number of benzene rings is 2. The second-order valence-electron chi connectivity index (χ2n) is 6.11. The molecule has 2 aromatic carbocycles. The fourth-order valence-corrected chi connectivity index (χ4v) is 3.77. The first kappa shape index (κ1) is 23.3. The number of nitrogens with one attached hydrogen (secondary N) is 1.